The number of likely N-dealkylation sites (N-methyl/N-ethyl adjacent to an activating group) is 1. The van der Waals surface area contributed by atoms with Crippen molar-refractivity contribution in [2.75, 3.05) is 20.2 Å². The minimum atomic E-state index is 0.651. The predicted octanol–water partition coefficient (Wildman–Crippen LogP) is 3.68. The van der Waals surface area contributed by atoms with Crippen LogP contribution in [0.4, 0.5) is 0 Å². The van der Waals surface area contributed by atoms with Gasteiger partial charge in [0.2, 0.25) is 0 Å². The van der Waals surface area contributed by atoms with Crippen LogP contribution in [-0.2, 0) is 13.7 Å². The van der Waals surface area contributed by atoms with E-state index < -0.39 is 0 Å². The number of aromatic nitrogens is 2. The first-order valence-electron chi connectivity index (χ1n) is 7.67. The average molecular weight is 327 g/mol. The molecule has 120 valence electrons. The number of fused-ring (bicyclic) bond motifs is 1. The van der Waals surface area contributed by atoms with Crippen molar-refractivity contribution in [3.8, 4) is 5.75 Å². The summed E-state index contributed by atoms with van der Waals surface area (Å²) in [7, 11) is 4.09. The van der Waals surface area contributed by atoms with Crippen molar-refractivity contribution in [1.82, 2.24) is 14.0 Å². The van der Waals surface area contributed by atoms with Crippen LogP contribution in [0.2, 0.25) is 0 Å². The van der Waals surface area contributed by atoms with Crippen molar-refractivity contribution in [2.45, 2.75) is 6.67 Å². The first kappa shape index (κ1) is 15.8. The normalized spacial score (nSPS) is 11.3. The first-order chi connectivity index (χ1) is 11.2. The molecular formula is C18H21N3OS. The van der Waals surface area contributed by atoms with E-state index in [9.17, 15) is 0 Å². The molecule has 0 bridgehead atoms. The summed E-state index contributed by atoms with van der Waals surface area (Å²) in [4.78, 5) is 2.21. The summed E-state index contributed by atoms with van der Waals surface area (Å²) in [5.41, 5.74) is 2.32. The van der Waals surface area contributed by atoms with E-state index in [1.807, 2.05) is 49.5 Å². The van der Waals surface area contributed by atoms with Crippen LogP contribution >= 0.6 is 12.2 Å². The lowest BCUT2D eigenvalue weighted by Gasteiger charge is -2.18. The van der Waals surface area contributed by atoms with Crippen LogP contribution in [-0.4, -0.2) is 34.2 Å². The van der Waals surface area contributed by atoms with E-state index in [0.29, 0.717) is 6.61 Å². The molecule has 1 heterocycles. The van der Waals surface area contributed by atoms with Gasteiger partial charge < -0.3 is 13.9 Å². The minimum absolute atomic E-state index is 0.651. The number of para-hydroxylation sites is 3. The lowest BCUT2D eigenvalue weighted by molar-refractivity contribution is 0.207. The highest BCUT2D eigenvalue weighted by atomic mass is 32.1. The number of ether oxygens (including phenoxy) is 1. The maximum atomic E-state index is 5.76. The highest BCUT2D eigenvalue weighted by molar-refractivity contribution is 7.71. The van der Waals surface area contributed by atoms with E-state index >= 15 is 0 Å². The molecule has 0 amide bonds. The molecule has 0 aliphatic carbocycles. The Balaban J connectivity index is 1.65. The Morgan fingerprint density at radius 2 is 1.65 bits per heavy atom. The molecule has 0 radical (unpaired) electrons. The number of nitrogens with zero attached hydrogens (tertiary/aromatic N) is 3. The Kier molecular flexibility index (Phi) is 4.79. The molecule has 0 atom stereocenters. The van der Waals surface area contributed by atoms with Gasteiger partial charge in [-0.2, -0.15) is 0 Å². The maximum Gasteiger partial charge on any atom is 0.181 e. The zero-order valence-corrected chi connectivity index (χ0v) is 14.3. The topological polar surface area (TPSA) is 22.3 Å². The van der Waals surface area contributed by atoms with Crippen molar-refractivity contribution in [3.05, 3.63) is 59.4 Å². The van der Waals surface area contributed by atoms with Gasteiger partial charge in [0.25, 0.3) is 0 Å². The first-order valence-corrected chi connectivity index (χ1v) is 8.08. The fourth-order valence-corrected chi connectivity index (χ4v) is 2.90. The highest BCUT2D eigenvalue weighted by Gasteiger charge is 2.09. The fourth-order valence-electron chi connectivity index (χ4n) is 2.65. The van der Waals surface area contributed by atoms with Crippen molar-refractivity contribution < 1.29 is 4.74 Å². The Hall–Kier alpha value is -2.11. The predicted molar refractivity (Wildman–Crippen MR) is 96.3 cm³/mol. The Labute approximate surface area is 141 Å². The van der Waals surface area contributed by atoms with Gasteiger partial charge in [0, 0.05) is 13.6 Å². The second-order valence-corrected chi connectivity index (χ2v) is 6.01. The summed E-state index contributed by atoms with van der Waals surface area (Å²) in [6.07, 6.45) is 0. The smallest absolute Gasteiger partial charge is 0.181 e. The number of hydrogen-bond acceptors (Lipinski definition) is 3. The van der Waals surface area contributed by atoms with Gasteiger partial charge in [-0.05, 0) is 43.5 Å². The van der Waals surface area contributed by atoms with Crippen LogP contribution in [0.3, 0.4) is 0 Å². The molecule has 23 heavy (non-hydrogen) atoms. The molecule has 0 aliphatic heterocycles. The third kappa shape index (κ3) is 3.46. The highest BCUT2D eigenvalue weighted by Crippen LogP contribution is 2.17. The van der Waals surface area contributed by atoms with Crippen LogP contribution < -0.4 is 4.74 Å². The van der Waals surface area contributed by atoms with Gasteiger partial charge in [-0.15, -0.1) is 0 Å². The summed E-state index contributed by atoms with van der Waals surface area (Å²) in [5.74, 6) is 0.905. The number of imidazole rings is 1. The molecule has 0 fully saturated rings. The van der Waals surface area contributed by atoms with Gasteiger partial charge in [0.15, 0.2) is 4.77 Å². The summed E-state index contributed by atoms with van der Waals surface area (Å²) in [6, 6.07) is 18.2. The van der Waals surface area contributed by atoms with Crippen molar-refractivity contribution in [1.29, 1.82) is 0 Å². The Morgan fingerprint density at radius 3 is 2.39 bits per heavy atom. The molecule has 4 nitrogen and oxygen atoms in total. The molecule has 0 saturated heterocycles. The van der Waals surface area contributed by atoms with E-state index in [4.69, 9.17) is 17.0 Å². The second kappa shape index (κ2) is 6.98. The van der Waals surface area contributed by atoms with Crippen LogP contribution in [0.1, 0.15) is 0 Å². The second-order valence-electron chi connectivity index (χ2n) is 5.64. The van der Waals surface area contributed by atoms with Crippen LogP contribution in [0.15, 0.2) is 54.6 Å². The zero-order valence-electron chi connectivity index (χ0n) is 13.5. The molecule has 3 aromatic rings. The van der Waals surface area contributed by atoms with Gasteiger partial charge in [-0.3, -0.25) is 4.90 Å². The Morgan fingerprint density at radius 1 is 1.00 bits per heavy atom. The number of hydrogen-bond donors (Lipinski definition) is 0. The van der Waals surface area contributed by atoms with Crippen LogP contribution in [0.25, 0.3) is 11.0 Å². The molecule has 0 aliphatic rings. The summed E-state index contributed by atoms with van der Waals surface area (Å²) in [6.45, 7) is 2.23. The monoisotopic (exact) mass is 327 g/mol. The summed E-state index contributed by atoms with van der Waals surface area (Å²) < 4.78 is 10.8. The molecule has 0 N–H and O–H groups in total. The number of aryl methyl sites for hydroxylation is 1. The SMILES string of the molecule is CN(CCOc1ccccc1)Cn1c(=S)n(C)c2ccccc21. The summed E-state index contributed by atoms with van der Waals surface area (Å²) >= 11 is 5.57. The van der Waals surface area contributed by atoms with Crippen molar-refractivity contribution in [2.24, 2.45) is 7.05 Å². The fraction of sp³-hybridized carbons (Fsp3) is 0.278. The van der Waals surface area contributed by atoms with Gasteiger partial charge >= 0.3 is 0 Å². The van der Waals surface area contributed by atoms with E-state index in [2.05, 4.69) is 33.2 Å². The van der Waals surface area contributed by atoms with Crippen LogP contribution in [0, 0.1) is 4.77 Å². The average Bonchev–Trinajstić information content (AvgIpc) is 2.81. The third-order valence-corrected chi connectivity index (χ3v) is 4.41. The standard InChI is InChI=1S/C18H21N3OS/c1-19(12-13-22-15-8-4-3-5-9-15)14-21-17-11-7-6-10-16(17)20(2)18(21)23/h3-11H,12-14H2,1-2H3. The molecule has 5 heteroatoms. The molecule has 2 aromatic carbocycles. The maximum absolute atomic E-state index is 5.76. The van der Waals surface area contributed by atoms with E-state index in [1.165, 1.54) is 0 Å². The van der Waals surface area contributed by atoms with Gasteiger partial charge in [-0.1, -0.05) is 30.3 Å². The quantitative estimate of drug-likeness (QED) is 0.645. The molecule has 0 spiro atoms. The molecule has 3 rings (SSSR count). The largest absolute Gasteiger partial charge is 0.492 e. The van der Waals surface area contributed by atoms with E-state index in [0.717, 1.165) is 34.8 Å². The number of benzene rings is 2. The molecule has 0 unspecified atom stereocenters. The van der Waals surface area contributed by atoms with Gasteiger partial charge in [-0.25, -0.2) is 0 Å². The lowest BCUT2D eigenvalue weighted by atomic mass is 10.3. The Bertz CT molecular complexity index is 838. The van der Waals surface area contributed by atoms with Crippen LogP contribution in [0.5, 0.6) is 5.75 Å². The molecular weight excluding hydrogens is 306 g/mol. The zero-order chi connectivity index (χ0) is 16.2. The van der Waals surface area contributed by atoms with Crippen molar-refractivity contribution >= 4 is 23.3 Å². The van der Waals surface area contributed by atoms with Gasteiger partial charge in [0.1, 0.15) is 12.4 Å². The third-order valence-electron chi connectivity index (χ3n) is 3.92. The van der Waals surface area contributed by atoms with E-state index in [1.54, 1.807) is 0 Å². The molecule has 1 aromatic heterocycles. The summed E-state index contributed by atoms with van der Waals surface area (Å²) in [5, 5.41) is 0. The minimum Gasteiger partial charge on any atom is -0.492 e. The van der Waals surface area contributed by atoms with Gasteiger partial charge in [0.05, 0.1) is 17.7 Å². The number of rotatable bonds is 6. The van der Waals surface area contributed by atoms with Crippen molar-refractivity contribution in [3.63, 3.8) is 0 Å². The molecule has 0 saturated carbocycles. The lowest BCUT2D eigenvalue weighted by Crippen LogP contribution is -2.27. The van der Waals surface area contributed by atoms with E-state index in [-0.39, 0.29) is 0 Å².